The van der Waals surface area contributed by atoms with Gasteiger partial charge in [-0.2, -0.15) is 0 Å². The number of hydrogen-bond donors (Lipinski definition) is 1. The predicted octanol–water partition coefficient (Wildman–Crippen LogP) is 2.51. The summed E-state index contributed by atoms with van der Waals surface area (Å²) in [4.78, 5) is 13.8. The minimum Gasteiger partial charge on any atom is -0.478 e. The van der Waals surface area contributed by atoms with Crippen LogP contribution >= 0.6 is 0 Å². The van der Waals surface area contributed by atoms with Crippen molar-refractivity contribution in [2.24, 2.45) is 0 Å². The average Bonchev–Trinajstić information content (AvgIpc) is 2.86. The van der Waals surface area contributed by atoms with Crippen LogP contribution in [-0.2, 0) is 9.47 Å². The molecule has 6 nitrogen and oxygen atoms in total. The van der Waals surface area contributed by atoms with E-state index in [1.165, 1.54) is 0 Å². The Labute approximate surface area is 141 Å². The quantitative estimate of drug-likeness (QED) is 0.932. The Morgan fingerprint density at radius 1 is 1.29 bits per heavy atom. The third-order valence-corrected chi connectivity index (χ3v) is 4.81. The van der Waals surface area contributed by atoms with E-state index in [0.717, 1.165) is 16.6 Å². The van der Waals surface area contributed by atoms with E-state index in [1.54, 1.807) is 0 Å². The maximum atomic E-state index is 11.7. The Hall–Kier alpha value is -1.89. The Kier molecular flexibility index (Phi) is 4.62. The molecule has 2 heterocycles. The molecule has 6 heteroatoms. The van der Waals surface area contributed by atoms with Crippen LogP contribution in [0, 0.1) is 6.92 Å². The summed E-state index contributed by atoms with van der Waals surface area (Å²) in [5.41, 5.74) is 1.96. The lowest BCUT2D eigenvalue weighted by molar-refractivity contribution is -0.217. The highest BCUT2D eigenvalue weighted by Crippen LogP contribution is 2.32. The van der Waals surface area contributed by atoms with Gasteiger partial charge in [0.25, 0.3) is 0 Å². The zero-order chi connectivity index (χ0) is 17.4. The molecular weight excluding hydrogens is 308 g/mol. The topological polar surface area (TPSA) is 63.9 Å². The summed E-state index contributed by atoms with van der Waals surface area (Å²) in [5.74, 6) is -0.909. The van der Waals surface area contributed by atoms with Crippen LogP contribution in [-0.4, -0.2) is 60.2 Å². The van der Waals surface area contributed by atoms with Crippen LogP contribution in [0.25, 0.3) is 10.9 Å². The molecule has 1 aromatic carbocycles. The summed E-state index contributed by atoms with van der Waals surface area (Å²) in [6.45, 7) is 5.05. The smallest absolute Gasteiger partial charge is 0.338 e. The standard InChI is InChI=1S/C18H24N2O4/c1-11-16(17(21)22)14-7-5-6-8-15(14)20(11)12(2)18-23-9-13(10-24-18)19(3)4/h5-8,12-13,18H,9-10H2,1-4H3,(H,21,22)/t12-,13?,18?/m1/s1. The molecule has 2 aromatic rings. The number of carbonyl (C=O) groups is 1. The van der Waals surface area contributed by atoms with E-state index in [-0.39, 0.29) is 12.1 Å². The maximum absolute atomic E-state index is 11.7. The first-order valence-electron chi connectivity index (χ1n) is 8.14. The highest BCUT2D eigenvalue weighted by Gasteiger charge is 2.31. The fourth-order valence-corrected chi connectivity index (χ4v) is 3.39. The zero-order valence-corrected chi connectivity index (χ0v) is 14.5. The monoisotopic (exact) mass is 332 g/mol. The summed E-state index contributed by atoms with van der Waals surface area (Å²) in [6.07, 6.45) is -0.391. The number of carboxylic acid groups (broad SMARTS) is 1. The van der Waals surface area contributed by atoms with E-state index in [2.05, 4.69) is 4.90 Å². The molecule has 24 heavy (non-hydrogen) atoms. The Morgan fingerprint density at radius 3 is 2.50 bits per heavy atom. The van der Waals surface area contributed by atoms with Crippen molar-refractivity contribution in [1.82, 2.24) is 9.47 Å². The second kappa shape index (κ2) is 6.55. The number of rotatable bonds is 4. The molecule has 0 bridgehead atoms. The number of aromatic nitrogens is 1. The van der Waals surface area contributed by atoms with Crippen molar-refractivity contribution in [2.75, 3.05) is 27.3 Å². The number of para-hydroxylation sites is 1. The lowest BCUT2D eigenvalue weighted by atomic mass is 10.1. The van der Waals surface area contributed by atoms with E-state index in [9.17, 15) is 9.90 Å². The van der Waals surface area contributed by atoms with Gasteiger partial charge < -0.3 is 24.0 Å². The Morgan fingerprint density at radius 2 is 1.92 bits per heavy atom. The first-order chi connectivity index (χ1) is 11.4. The van der Waals surface area contributed by atoms with Crippen LogP contribution in [0.2, 0.25) is 0 Å². The number of hydrogen-bond acceptors (Lipinski definition) is 4. The highest BCUT2D eigenvalue weighted by molar-refractivity contribution is 6.05. The van der Waals surface area contributed by atoms with Crippen LogP contribution in [0.4, 0.5) is 0 Å². The van der Waals surface area contributed by atoms with Crippen LogP contribution in [0.5, 0.6) is 0 Å². The number of ether oxygens (including phenoxy) is 2. The molecule has 1 fully saturated rings. The second-order valence-electron chi connectivity index (χ2n) is 6.55. The summed E-state index contributed by atoms with van der Waals surface area (Å²) in [6, 6.07) is 7.69. The molecule has 1 saturated heterocycles. The van der Waals surface area contributed by atoms with Gasteiger partial charge in [-0.3, -0.25) is 0 Å². The summed E-state index contributed by atoms with van der Waals surface area (Å²) >= 11 is 0. The van der Waals surface area contributed by atoms with E-state index >= 15 is 0 Å². The number of aromatic carboxylic acids is 1. The predicted molar refractivity (Wildman–Crippen MR) is 91.5 cm³/mol. The maximum Gasteiger partial charge on any atom is 0.338 e. The highest BCUT2D eigenvalue weighted by atomic mass is 16.7. The number of likely N-dealkylation sites (N-methyl/N-ethyl adjacent to an activating group) is 1. The van der Waals surface area contributed by atoms with Crippen molar-refractivity contribution in [2.45, 2.75) is 32.2 Å². The minimum absolute atomic E-state index is 0.119. The van der Waals surface area contributed by atoms with Gasteiger partial charge in [0.1, 0.15) is 0 Å². The van der Waals surface area contributed by atoms with E-state index in [0.29, 0.717) is 18.8 Å². The van der Waals surface area contributed by atoms with Gasteiger partial charge in [-0.05, 0) is 34.0 Å². The van der Waals surface area contributed by atoms with E-state index in [4.69, 9.17) is 9.47 Å². The van der Waals surface area contributed by atoms with Crippen molar-refractivity contribution >= 4 is 16.9 Å². The molecule has 1 N–H and O–H groups in total. The molecule has 1 aromatic heterocycles. The van der Waals surface area contributed by atoms with Crippen LogP contribution in [0.1, 0.15) is 29.0 Å². The van der Waals surface area contributed by atoms with Crippen molar-refractivity contribution in [3.63, 3.8) is 0 Å². The largest absolute Gasteiger partial charge is 0.478 e. The molecule has 1 aliphatic heterocycles. The van der Waals surface area contributed by atoms with Crippen molar-refractivity contribution < 1.29 is 19.4 Å². The van der Waals surface area contributed by atoms with Crippen LogP contribution < -0.4 is 0 Å². The number of benzene rings is 1. The third kappa shape index (κ3) is 2.81. The molecule has 0 unspecified atom stereocenters. The normalized spacial score (nSPS) is 22.9. The molecule has 0 radical (unpaired) electrons. The van der Waals surface area contributed by atoms with Crippen molar-refractivity contribution in [3.05, 3.63) is 35.5 Å². The minimum atomic E-state index is -0.909. The lowest BCUT2D eigenvalue weighted by Crippen LogP contribution is -2.46. The molecule has 0 spiro atoms. The molecule has 0 amide bonds. The molecule has 1 atom stereocenters. The first kappa shape index (κ1) is 17.0. The lowest BCUT2D eigenvalue weighted by Gasteiger charge is -2.36. The number of nitrogens with zero attached hydrogens (tertiary/aromatic N) is 2. The molecule has 3 rings (SSSR count). The van der Waals surface area contributed by atoms with Crippen molar-refractivity contribution in [3.8, 4) is 0 Å². The van der Waals surface area contributed by atoms with E-state index in [1.807, 2.05) is 56.8 Å². The third-order valence-electron chi connectivity index (χ3n) is 4.81. The molecule has 0 aliphatic carbocycles. The molecular formula is C18H24N2O4. The van der Waals surface area contributed by atoms with Crippen LogP contribution in [0.3, 0.4) is 0 Å². The number of carboxylic acids is 1. The first-order valence-corrected chi connectivity index (χ1v) is 8.14. The molecule has 1 aliphatic rings. The Balaban J connectivity index is 1.95. The van der Waals surface area contributed by atoms with Crippen molar-refractivity contribution in [1.29, 1.82) is 0 Å². The summed E-state index contributed by atoms with van der Waals surface area (Å²) in [7, 11) is 4.01. The average molecular weight is 332 g/mol. The van der Waals surface area contributed by atoms with Gasteiger partial charge in [-0.15, -0.1) is 0 Å². The SMILES string of the molecule is Cc1c(C(=O)O)c2ccccc2n1[C@H](C)C1OCC(N(C)C)CO1. The van der Waals surface area contributed by atoms with Gasteiger partial charge in [0.05, 0.1) is 30.9 Å². The van der Waals surface area contributed by atoms with E-state index < -0.39 is 12.3 Å². The Bertz CT molecular complexity index is 745. The summed E-state index contributed by atoms with van der Waals surface area (Å²) in [5, 5.41) is 10.3. The fraction of sp³-hybridized carbons (Fsp3) is 0.500. The van der Waals surface area contributed by atoms with Gasteiger partial charge in [0, 0.05) is 16.6 Å². The van der Waals surface area contributed by atoms with Gasteiger partial charge >= 0.3 is 5.97 Å². The van der Waals surface area contributed by atoms with Gasteiger partial charge in [0.15, 0.2) is 6.29 Å². The molecule has 0 saturated carbocycles. The van der Waals surface area contributed by atoms with Gasteiger partial charge in [0.2, 0.25) is 0 Å². The second-order valence-corrected chi connectivity index (χ2v) is 6.55. The van der Waals surface area contributed by atoms with Gasteiger partial charge in [-0.25, -0.2) is 4.79 Å². The summed E-state index contributed by atoms with van der Waals surface area (Å²) < 4.78 is 13.8. The van der Waals surface area contributed by atoms with Gasteiger partial charge in [-0.1, -0.05) is 18.2 Å². The number of fused-ring (bicyclic) bond motifs is 1. The van der Waals surface area contributed by atoms with Crippen LogP contribution in [0.15, 0.2) is 24.3 Å². The molecule has 130 valence electrons. The zero-order valence-electron chi connectivity index (χ0n) is 14.5. The fourth-order valence-electron chi connectivity index (χ4n) is 3.39.